The number of ether oxygens (including phenoxy) is 1. The minimum absolute atomic E-state index is 0.00316. The van der Waals surface area contributed by atoms with Crippen molar-refractivity contribution >= 4 is 28.2 Å². The molecule has 0 spiro atoms. The third kappa shape index (κ3) is 3.42. The molecule has 0 unspecified atom stereocenters. The van der Waals surface area contributed by atoms with Crippen molar-refractivity contribution in [3.05, 3.63) is 40.8 Å². The molecule has 0 aliphatic carbocycles. The van der Waals surface area contributed by atoms with Gasteiger partial charge in [0, 0.05) is 24.5 Å². The van der Waals surface area contributed by atoms with Crippen LogP contribution in [0.1, 0.15) is 0 Å². The molecule has 3 rings (SSSR count). The topological polar surface area (TPSA) is 115 Å². The molecular weight excluding hydrogens is 310 g/mol. The Bertz CT molecular complexity index is 890. The molecule has 122 valence electrons. The number of morpholine rings is 1. The molecule has 24 heavy (non-hydrogen) atoms. The maximum absolute atomic E-state index is 11.2. The summed E-state index contributed by atoms with van der Waals surface area (Å²) in [6.45, 7) is 2.19. The highest BCUT2D eigenvalue weighted by atomic mass is 16.5. The van der Waals surface area contributed by atoms with Crippen LogP contribution in [0.15, 0.2) is 44.6 Å². The summed E-state index contributed by atoms with van der Waals surface area (Å²) in [7, 11) is 0. The molecule has 1 aromatic heterocycles. The quantitative estimate of drug-likeness (QED) is 0.381. The van der Waals surface area contributed by atoms with Gasteiger partial charge in [-0.25, -0.2) is 4.79 Å². The third-order valence-corrected chi connectivity index (χ3v) is 3.57. The average molecular weight is 325 g/mol. The van der Waals surface area contributed by atoms with Gasteiger partial charge in [0.1, 0.15) is 11.7 Å². The summed E-state index contributed by atoms with van der Waals surface area (Å²) in [5.41, 5.74) is 3.45. The van der Waals surface area contributed by atoms with Crippen molar-refractivity contribution in [3.63, 3.8) is 0 Å². The first kappa shape index (κ1) is 15.7. The van der Waals surface area contributed by atoms with Gasteiger partial charge < -0.3 is 14.1 Å². The zero-order valence-electron chi connectivity index (χ0n) is 12.8. The number of rotatable bonds is 3. The van der Waals surface area contributed by atoms with Crippen LogP contribution in [0.2, 0.25) is 0 Å². The SMILES string of the molecule is N#C/C(=N/Nc1ccc2oc(=O)ccc2c1)C(=N)N1CCOCC1. The number of nitrogens with zero attached hydrogens (tertiary/aromatic N) is 3. The van der Waals surface area contributed by atoms with Gasteiger partial charge >= 0.3 is 5.63 Å². The van der Waals surface area contributed by atoms with Crippen LogP contribution in [0.4, 0.5) is 5.69 Å². The van der Waals surface area contributed by atoms with Gasteiger partial charge in [0.2, 0.25) is 5.71 Å². The lowest BCUT2D eigenvalue weighted by Crippen LogP contribution is -2.43. The van der Waals surface area contributed by atoms with Gasteiger partial charge in [-0.05, 0) is 24.3 Å². The Morgan fingerprint density at radius 1 is 1.29 bits per heavy atom. The third-order valence-electron chi connectivity index (χ3n) is 3.57. The van der Waals surface area contributed by atoms with Crippen LogP contribution in [0.25, 0.3) is 11.0 Å². The normalized spacial score (nSPS) is 15.1. The summed E-state index contributed by atoms with van der Waals surface area (Å²) in [4.78, 5) is 12.9. The van der Waals surface area contributed by atoms with Gasteiger partial charge in [0.25, 0.3) is 0 Å². The Hall–Kier alpha value is -3.18. The van der Waals surface area contributed by atoms with Crippen LogP contribution in [-0.4, -0.2) is 42.8 Å². The van der Waals surface area contributed by atoms with E-state index in [2.05, 4.69) is 10.5 Å². The van der Waals surface area contributed by atoms with Crippen molar-refractivity contribution in [1.29, 1.82) is 10.7 Å². The van der Waals surface area contributed by atoms with Gasteiger partial charge in [-0.1, -0.05) is 0 Å². The van der Waals surface area contributed by atoms with E-state index >= 15 is 0 Å². The largest absolute Gasteiger partial charge is 0.423 e. The molecule has 2 heterocycles. The highest BCUT2D eigenvalue weighted by Crippen LogP contribution is 2.17. The second-order valence-electron chi connectivity index (χ2n) is 5.14. The first-order valence-electron chi connectivity index (χ1n) is 7.37. The zero-order valence-corrected chi connectivity index (χ0v) is 12.8. The summed E-state index contributed by atoms with van der Waals surface area (Å²) >= 11 is 0. The summed E-state index contributed by atoms with van der Waals surface area (Å²) in [5, 5.41) is 22.1. The van der Waals surface area contributed by atoms with Crippen molar-refractivity contribution in [2.24, 2.45) is 5.10 Å². The molecule has 0 atom stereocenters. The van der Waals surface area contributed by atoms with E-state index in [4.69, 9.17) is 14.6 Å². The van der Waals surface area contributed by atoms with E-state index in [0.717, 1.165) is 5.39 Å². The van der Waals surface area contributed by atoms with E-state index in [1.165, 1.54) is 6.07 Å². The molecule has 2 aromatic rings. The number of hydrogen-bond acceptors (Lipinski definition) is 7. The van der Waals surface area contributed by atoms with Crippen molar-refractivity contribution in [2.45, 2.75) is 0 Å². The Morgan fingerprint density at radius 3 is 2.83 bits per heavy atom. The number of benzene rings is 1. The molecule has 8 nitrogen and oxygen atoms in total. The summed E-state index contributed by atoms with van der Waals surface area (Å²) in [5.74, 6) is 0.0695. The van der Waals surface area contributed by atoms with E-state index in [1.54, 1.807) is 29.2 Å². The minimum atomic E-state index is -0.410. The first-order chi connectivity index (χ1) is 11.7. The number of anilines is 1. The highest BCUT2D eigenvalue weighted by Gasteiger charge is 2.18. The zero-order chi connectivity index (χ0) is 16.9. The van der Waals surface area contributed by atoms with Crippen molar-refractivity contribution in [2.75, 3.05) is 31.7 Å². The van der Waals surface area contributed by atoms with Crippen LogP contribution in [0.5, 0.6) is 0 Å². The van der Waals surface area contributed by atoms with Gasteiger partial charge in [-0.15, -0.1) is 0 Å². The summed E-state index contributed by atoms with van der Waals surface area (Å²) in [6, 6.07) is 10.00. The van der Waals surface area contributed by atoms with E-state index in [-0.39, 0.29) is 11.5 Å². The molecule has 1 fully saturated rings. The van der Waals surface area contributed by atoms with Crippen molar-refractivity contribution < 1.29 is 9.15 Å². The van der Waals surface area contributed by atoms with Crippen LogP contribution in [-0.2, 0) is 4.74 Å². The number of fused-ring (bicyclic) bond motifs is 1. The molecule has 0 amide bonds. The van der Waals surface area contributed by atoms with Crippen LogP contribution in [0, 0.1) is 16.7 Å². The maximum Gasteiger partial charge on any atom is 0.336 e. The molecule has 1 saturated heterocycles. The lowest BCUT2D eigenvalue weighted by atomic mass is 10.2. The summed E-state index contributed by atoms with van der Waals surface area (Å²) < 4.78 is 10.3. The highest BCUT2D eigenvalue weighted by molar-refractivity contribution is 6.46. The average Bonchev–Trinajstić information content (AvgIpc) is 2.62. The minimum Gasteiger partial charge on any atom is -0.423 e. The lowest BCUT2D eigenvalue weighted by Gasteiger charge is -2.28. The predicted octanol–water partition coefficient (Wildman–Crippen LogP) is 1.39. The van der Waals surface area contributed by atoms with Crippen LogP contribution in [0.3, 0.4) is 0 Å². The van der Waals surface area contributed by atoms with Crippen LogP contribution < -0.4 is 11.1 Å². The van der Waals surface area contributed by atoms with Gasteiger partial charge in [0.05, 0.1) is 18.9 Å². The van der Waals surface area contributed by atoms with E-state index in [9.17, 15) is 10.1 Å². The monoisotopic (exact) mass is 325 g/mol. The molecule has 1 aliphatic heterocycles. The Labute approximate surface area is 137 Å². The fourth-order valence-electron chi connectivity index (χ4n) is 2.33. The smallest absolute Gasteiger partial charge is 0.336 e. The second-order valence-corrected chi connectivity index (χ2v) is 5.14. The lowest BCUT2D eigenvalue weighted by molar-refractivity contribution is 0.0686. The number of nitrogens with one attached hydrogen (secondary N) is 2. The maximum atomic E-state index is 11.2. The number of hydrazone groups is 1. The second kappa shape index (κ2) is 6.93. The van der Waals surface area contributed by atoms with Gasteiger partial charge in [-0.2, -0.15) is 10.4 Å². The Morgan fingerprint density at radius 2 is 2.08 bits per heavy atom. The van der Waals surface area contributed by atoms with E-state index in [1.807, 2.05) is 6.07 Å². The molecule has 1 aromatic carbocycles. The molecule has 1 aliphatic rings. The fraction of sp³-hybridized carbons (Fsp3) is 0.250. The summed E-state index contributed by atoms with van der Waals surface area (Å²) in [6.07, 6.45) is 0. The molecule has 0 saturated carbocycles. The number of nitriles is 1. The standard InChI is InChI=1S/C16H15N5O3/c17-10-13(16(18)21-5-7-23-8-6-21)20-19-12-2-3-14-11(9-12)1-4-15(22)24-14/h1-4,9,18-19H,5-8H2/b18-16?,20-13-. The Kier molecular flexibility index (Phi) is 4.54. The molecule has 0 bridgehead atoms. The molecule has 8 heteroatoms. The van der Waals surface area contributed by atoms with Crippen molar-refractivity contribution in [3.8, 4) is 6.07 Å². The van der Waals surface area contributed by atoms with Gasteiger partial charge in [-0.3, -0.25) is 10.8 Å². The number of amidine groups is 1. The fourth-order valence-corrected chi connectivity index (χ4v) is 2.33. The molecule has 2 N–H and O–H groups in total. The molecular formula is C16H15N5O3. The molecule has 0 radical (unpaired) electrons. The van der Waals surface area contributed by atoms with Gasteiger partial charge in [0.15, 0.2) is 5.84 Å². The van der Waals surface area contributed by atoms with Crippen molar-refractivity contribution in [1.82, 2.24) is 4.90 Å². The van der Waals surface area contributed by atoms with E-state index in [0.29, 0.717) is 37.6 Å². The van der Waals surface area contributed by atoms with E-state index < -0.39 is 5.63 Å². The Balaban J connectivity index is 1.77. The number of hydrogen-bond donors (Lipinski definition) is 2. The predicted molar refractivity (Wildman–Crippen MR) is 89.3 cm³/mol. The van der Waals surface area contributed by atoms with Crippen LogP contribution >= 0.6 is 0 Å². The first-order valence-corrected chi connectivity index (χ1v) is 7.37.